The van der Waals surface area contributed by atoms with Crippen molar-refractivity contribution in [2.24, 2.45) is 5.92 Å². The lowest BCUT2D eigenvalue weighted by Gasteiger charge is -2.22. The molecule has 1 atom stereocenters. The normalized spacial score (nSPS) is 12.9. The molecule has 8 heteroatoms. The van der Waals surface area contributed by atoms with Gasteiger partial charge in [0.25, 0.3) is 0 Å². The Bertz CT molecular complexity index is 1430. The van der Waals surface area contributed by atoms with Crippen LogP contribution in [0.5, 0.6) is 17.2 Å². The van der Waals surface area contributed by atoms with Crippen molar-refractivity contribution in [3.05, 3.63) is 89.0 Å². The molecular weight excluding hydrogens is 596 g/mol. The molecule has 1 heterocycles. The first-order chi connectivity index (χ1) is 23.0. The summed E-state index contributed by atoms with van der Waals surface area (Å²) in [6.07, 6.45) is 8.86. The summed E-state index contributed by atoms with van der Waals surface area (Å²) in [5.74, 6) is 1.58. The van der Waals surface area contributed by atoms with Gasteiger partial charge in [0.1, 0.15) is 17.2 Å². The van der Waals surface area contributed by atoms with Crippen LogP contribution in [0, 0.1) is 5.92 Å². The van der Waals surface area contributed by atoms with E-state index in [9.17, 15) is 14.4 Å². The number of hydrogen-bond donors (Lipinski definition) is 0. The van der Waals surface area contributed by atoms with Gasteiger partial charge in [-0.05, 0) is 74.3 Å². The van der Waals surface area contributed by atoms with Gasteiger partial charge >= 0.3 is 11.9 Å². The average molecular weight is 645 g/mol. The van der Waals surface area contributed by atoms with Crippen molar-refractivity contribution in [2.75, 3.05) is 34.0 Å². The van der Waals surface area contributed by atoms with Gasteiger partial charge in [0.05, 0.1) is 45.5 Å². The standard InChI is InChI=1S/C39H48O8/c1-43-37(41)21-13-26-45-35-20-10-9-17-30(35)28-31(39(42)44-2)18-8-3-4-11-25-46-36-23-22-32-34(40)24-27-47-38(32)33(36)19-12-16-29-14-6-5-7-15-29/h5-7,9-10,14-15,17,20,22-23,31H,3-4,8,11-13,16,18-19,21,24-28H2,1-2H3. The van der Waals surface area contributed by atoms with Crippen LogP contribution in [0.1, 0.15) is 84.8 Å². The molecule has 252 valence electrons. The van der Waals surface area contributed by atoms with Crippen molar-refractivity contribution < 1.29 is 38.1 Å². The molecule has 0 fully saturated rings. The molecule has 3 aromatic carbocycles. The summed E-state index contributed by atoms with van der Waals surface area (Å²) in [5, 5.41) is 0. The van der Waals surface area contributed by atoms with Gasteiger partial charge in [-0.2, -0.15) is 0 Å². The molecule has 1 aliphatic heterocycles. The number of rotatable bonds is 20. The van der Waals surface area contributed by atoms with Crippen LogP contribution in [0.3, 0.4) is 0 Å². The number of hydrogen-bond acceptors (Lipinski definition) is 8. The smallest absolute Gasteiger partial charge is 0.308 e. The Morgan fingerprint density at radius 1 is 0.766 bits per heavy atom. The highest BCUT2D eigenvalue weighted by Crippen LogP contribution is 2.37. The molecule has 1 aliphatic rings. The zero-order valence-electron chi connectivity index (χ0n) is 27.8. The summed E-state index contributed by atoms with van der Waals surface area (Å²) < 4.78 is 28.0. The Morgan fingerprint density at radius 2 is 1.51 bits per heavy atom. The number of ether oxygens (including phenoxy) is 5. The molecule has 0 spiro atoms. The van der Waals surface area contributed by atoms with Gasteiger partial charge in [-0.25, -0.2) is 0 Å². The van der Waals surface area contributed by atoms with E-state index in [1.807, 2.05) is 42.5 Å². The van der Waals surface area contributed by atoms with Crippen molar-refractivity contribution >= 4 is 17.7 Å². The van der Waals surface area contributed by atoms with E-state index in [-0.39, 0.29) is 23.6 Å². The molecule has 0 saturated carbocycles. The summed E-state index contributed by atoms with van der Waals surface area (Å²) in [5.41, 5.74) is 3.88. The van der Waals surface area contributed by atoms with Gasteiger partial charge in [-0.3, -0.25) is 14.4 Å². The van der Waals surface area contributed by atoms with Crippen molar-refractivity contribution in [1.29, 1.82) is 0 Å². The van der Waals surface area contributed by atoms with Crippen LogP contribution in [0.25, 0.3) is 0 Å². The zero-order chi connectivity index (χ0) is 33.3. The fraction of sp³-hybridized carbons (Fsp3) is 0.462. The van der Waals surface area contributed by atoms with Gasteiger partial charge in [0.15, 0.2) is 5.78 Å². The minimum Gasteiger partial charge on any atom is -0.493 e. The second-order valence-electron chi connectivity index (χ2n) is 11.9. The van der Waals surface area contributed by atoms with E-state index in [2.05, 4.69) is 24.3 Å². The van der Waals surface area contributed by atoms with Gasteiger partial charge in [-0.1, -0.05) is 67.8 Å². The van der Waals surface area contributed by atoms with Gasteiger partial charge in [-0.15, -0.1) is 0 Å². The van der Waals surface area contributed by atoms with E-state index in [1.54, 1.807) is 0 Å². The Morgan fingerprint density at radius 3 is 2.32 bits per heavy atom. The number of Topliss-reactive ketones (excluding diaryl/α,β-unsaturated/α-hetero) is 1. The summed E-state index contributed by atoms with van der Waals surface area (Å²) in [4.78, 5) is 36.6. The number of aryl methyl sites for hydroxylation is 1. The zero-order valence-corrected chi connectivity index (χ0v) is 27.8. The lowest BCUT2D eigenvalue weighted by molar-refractivity contribution is -0.145. The molecule has 1 unspecified atom stereocenters. The molecular formula is C39H48O8. The largest absolute Gasteiger partial charge is 0.493 e. The maximum atomic E-state index is 12.7. The first-order valence-corrected chi connectivity index (χ1v) is 16.8. The van der Waals surface area contributed by atoms with Gasteiger partial charge in [0.2, 0.25) is 0 Å². The highest BCUT2D eigenvalue weighted by molar-refractivity contribution is 6.00. The second kappa shape index (κ2) is 19.4. The second-order valence-corrected chi connectivity index (χ2v) is 11.9. The minimum atomic E-state index is -0.271. The van der Waals surface area contributed by atoms with E-state index in [0.717, 1.165) is 67.6 Å². The highest BCUT2D eigenvalue weighted by Gasteiger charge is 2.24. The van der Waals surface area contributed by atoms with Crippen LogP contribution in [0.2, 0.25) is 0 Å². The number of esters is 2. The van der Waals surface area contributed by atoms with Gasteiger partial charge < -0.3 is 23.7 Å². The number of carbonyl (C=O) groups is 3. The fourth-order valence-corrected chi connectivity index (χ4v) is 5.94. The van der Waals surface area contributed by atoms with E-state index in [4.69, 9.17) is 23.7 Å². The molecule has 3 aromatic rings. The van der Waals surface area contributed by atoms with Crippen LogP contribution >= 0.6 is 0 Å². The van der Waals surface area contributed by atoms with E-state index >= 15 is 0 Å². The molecule has 0 bridgehead atoms. The maximum absolute atomic E-state index is 12.7. The van der Waals surface area contributed by atoms with Gasteiger partial charge in [0, 0.05) is 18.4 Å². The summed E-state index contributed by atoms with van der Waals surface area (Å²) in [7, 11) is 2.81. The number of unbranched alkanes of at least 4 members (excludes halogenated alkanes) is 3. The Kier molecular flexibility index (Phi) is 14.6. The quantitative estimate of drug-likeness (QED) is 0.0921. The van der Waals surface area contributed by atoms with Crippen molar-refractivity contribution in [1.82, 2.24) is 0 Å². The molecule has 0 saturated heterocycles. The molecule has 4 rings (SSSR count). The van der Waals surface area contributed by atoms with Crippen LogP contribution in [-0.2, 0) is 38.3 Å². The molecule has 47 heavy (non-hydrogen) atoms. The Labute approximate surface area is 278 Å². The van der Waals surface area contributed by atoms with Crippen molar-refractivity contribution in [3.8, 4) is 17.2 Å². The number of methoxy groups -OCH3 is 2. The maximum Gasteiger partial charge on any atom is 0.308 e. The third-order valence-electron chi connectivity index (χ3n) is 8.52. The summed E-state index contributed by atoms with van der Waals surface area (Å²) in [6.45, 7) is 1.37. The topological polar surface area (TPSA) is 97.4 Å². The number of ketones is 1. The predicted molar refractivity (Wildman–Crippen MR) is 180 cm³/mol. The minimum absolute atomic E-state index is 0.124. The SMILES string of the molecule is COC(=O)CCCOc1ccccc1CC(CCCCCCOc1ccc2c(c1CCCc1ccccc1)OCCC2=O)C(=O)OC. The van der Waals surface area contributed by atoms with Crippen LogP contribution in [0.15, 0.2) is 66.7 Å². The lowest BCUT2D eigenvalue weighted by atomic mass is 9.93. The molecule has 0 N–H and O–H groups in total. The number of benzene rings is 3. The first kappa shape index (κ1) is 35.5. The highest BCUT2D eigenvalue weighted by atomic mass is 16.5. The predicted octanol–water partition coefficient (Wildman–Crippen LogP) is 7.52. The van der Waals surface area contributed by atoms with E-state index < -0.39 is 0 Å². The van der Waals surface area contributed by atoms with E-state index in [0.29, 0.717) is 63.2 Å². The molecule has 0 aliphatic carbocycles. The summed E-state index contributed by atoms with van der Waals surface area (Å²) >= 11 is 0. The third kappa shape index (κ3) is 11.2. The van der Waals surface area contributed by atoms with Crippen molar-refractivity contribution in [2.45, 2.75) is 77.0 Å². The summed E-state index contributed by atoms with van der Waals surface area (Å²) in [6, 6.07) is 21.9. The number of carbonyl (C=O) groups excluding carboxylic acids is 3. The van der Waals surface area contributed by atoms with Crippen LogP contribution in [0.4, 0.5) is 0 Å². The first-order valence-electron chi connectivity index (χ1n) is 16.8. The molecule has 0 radical (unpaired) electrons. The van der Waals surface area contributed by atoms with Crippen LogP contribution < -0.4 is 14.2 Å². The molecule has 8 nitrogen and oxygen atoms in total. The average Bonchev–Trinajstić information content (AvgIpc) is 3.10. The Balaban J connectivity index is 1.24. The Hall–Kier alpha value is -4.33. The molecule has 0 aromatic heterocycles. The molecule has 0 amide bonds. The third-order valence-corrected chi connectivity index (χ3v) is 8.52. The van der Waals surface area contributed by atoms with Crippen molar-refractivity contribution in [3.63, 3.8) is 0 Å². The lowest BCUT2D eigenvalue weighted by Crippen LogP contribution is -2.19. The van der Waals surface area contributed by atoms with E-state index in [1.165, 1.54) is 19.8 Å². The van der Waals surface area contributed by atoms with Crippen LogP contribution in [-0.4, -0.2) is 51.8 Å². The fourth-order valence-electron chi connectivity index (χ4n) is 5.94. The monoisotopic (exact) mass is 644 g/mol. The number of fused-ring (bicyclic) bond motifs is 1. The number of para-hydroxylation sites is 1.